The van der Waals surface area contributed by atoms with Crippen molar-refractivity contribution < 1.29 is 4.74 Å². The van der Waals surface area contributed by atoms with Crippen molar-refractivity contribution in [3.63, 3.8) is 0 Å². The summed E-state index contributed by atoms with van der Waals surface area (Å²) in [7, 11) is 0. The van der Waals surface area contributed by atoms with Crippen molar-refractivity contribution >= 4 is 28.9 Å². The summed E-state index contributed by atoms with van der Waals surface area (Å²) in [5, 5.41) is 4.25. The molecule has 8 heteroatoms. The largest absolute Gasteiger partial charge is 0.461 e. The molecule has 6 nitrogen and oxygen atoms in total. The summed E-state index contributed by atoms with van der Waals surface area (Å²) in [6, 6.07) is 0.203. The number of nitrogens with zero attached hydrogens (tertiary/aromatic N) is 4. The highest BCUT2D eigenvalue weighted by atomic mass is 35.5. The molecular weight excluding hydrogens is 310 g/mol. The molecule has 0 aliphatic carbocycles. The summed E-state index contributed by atoms with van der Waals surface area (Å²) in [5.41, 5.74) is 0. The Bertz CT molecular complexity index is 604. The van der Waals surface area contributed by atoms with Crippen molar-refractivity contribution in [2.75, 3.05) is 5.32 Å². The van der Waals surface area contributed by atoms with Gasteiger partial charge in [0, 0.05) is 11.1 Å². The zero-order valence-electron chi connectivity index (χ0n) is 12.4. The van der Waals surface area contributed by atoms with Crippen molar-refractivity contribution in [1.82, 2.24) is 19.9 Å². The second kappa shape index (κ2) is 7.00. The molecule has 0 amide bonds. The van der Waals surface area contributed by atoms with Crippen LogP contribution in [0.4, 0.5) is 5.95 Å². The highest BCUT2D eigenvalue weighted by molar-refractivity contribution is 7.11. The van der Waals surface area contributed by atoms with Crippen molar-refractivity contribution in [3.05, 3.63) is 21.4 Å². The Kier molecular flexibility index (Phi) is 5.30. The topological polar surface area (TPSA) is 72.8 Å². The van der Waals surface area contributed by atoms with Gasteiger partial charge in [-0.05, 0) is 38.8 Å². The van der Waals surface area contributed by atoms with E-state index in [4.69, 9.17) is 16.3 Å². The van der Waals surface area contributed by atoms with Crippen LogP contribution >= 0.6 is 22.9 Å². The van der Waals surface area contributed by atoms with Crippen LogP contribution in [0.3, 0.4) is 0 Å². The van der Waals surface area contributed by atoms with E-state index in [0.29, 0.717) is 5.95 Å². The van der Waals surface area contributed by atoms with E-state index in [-0.39, 0.29) is 23.4 Å². The molecule has 21 heavy (non-hydrogen) atoms. The maximum Gasteiger partial charge on any atom is 0.322 e. The number of anilines is 1. The molecule has 2 aromatic heterocycles. The Morgan fingerprint density at radius 2 is 2.05 bits per heavy atom. The molecule has 0 aromatic carbocycles. The maximum absolute atomic E-state index is 5.89. The molecule has 0 saturated heterocycles. The predicted octanol–water partition coefficient (Wildman–Crippen LogP) is 3.50. The molecule has 2 heterocycles. The van der Waals surface area contributed by atoms with Gasteiger partial charge in [-0.3, -0.25) is 0 Å². The number of thiazole rings is 1. The molecule has 1 atom stereocenters. The average molecular weight is 328 g/mol. The van der Waals surface area contributed by atoms with Crippen LogP contribution in [0.15, 0.2) is 6.20 Å². The molecule has 0 fully saturated rings. The predicted molar refractivity (Wildman–Crippen MR) is 84.1 cm³/mol. The fourth-order valence-corrected chi connectivity index (χ4v) is 2.61. The molecule has 2 aromatic rings. The fourth-order valence-electron chi connectivity index (χ4n) is 1.60. The number of nitrogens with one attached hydrogen (secondary N) is 1. The molecule has 1 unspecified atom stereocenters. The van der Waals surface area contributed by atoms with Crippen molar-refractivity contribution in [2.45, 2.75) is 46.3 Å². The second-order valence-electron chi connectivity index (χ2n) is 4.76. The highest BCUT2D eigenvalue weighted by Crippen LogP contribution is 2.23. The standard InChI is InChI=1S/C13H18ClN5OS/c1-5-9-6-15-10(21-9)8(4)16-12-17-11(14)18-13(19-12)20-7(2)3/h6-8H,5H2,1-4H3,(H,16,17,18,19). The van der Waals surface area contributed by atoms with E-state index >= 15 is 0 Å². The van der Waals surface area contributed by atoms with Gasteiger partial charge >= 0.3 is 6.01 Å². The van der Waals surface area contributed by atoms with E-state index in [0.717, 1.165) is 11.4 Å². The molecule has 1 N–H and O–H groups in total. The highest BCUT2D eigenvalue weighted by Gasteiger charge is 2.14. The SMILES string of the molecule is CCc1cnc(C(C)Nc2nc(Cl)nc(OC(C)C)n2)s1. The number of hydrogen-bond donors (Lipinski definition) is 1. The Labute approximate surface area is 133 Å². The van der Waals surface area contributed by atoms with E-state index in [1.54, 1.807) is 11.3 Å². The number of aromatic nitrogens is 4. The van der Waals surface area contributed by atoms with Crippen LogP contribution in [0.5, 0.6) is 6.01 Å². The summed E-state index contributed by atoms with van der Waals surface area (Å²) in [6.45, 7) is 7.90. The minimum atomic E-state index is -0.0279. The first-order valence-corrected chi connectivity index (χ1v) is 7.96. The summed E-state index contributed by atoms with van der Waals surface area (Å²) >= 11 is 7.56. The fraction of sp³-hybridized carbons (Fsp3) is 0.538. The number of rotatable bonds is 6. The summed E-state index contributed by atoms with van der Waals surface area (Å²) in [4.78, 5) is 17.8. The lowest BCUT2D eigenvalue weighted by Gasteiger charge is -2.13. The van der Waals surface area contributed by atoms with Crippen LogP contribution in [-0.2, 0) is 6.42 Å². The van der Waals surface area contributed by atoms with Gasteiger partial charge in [-0.2, -0.15) is 15.0 Å². The van der Waals surface area contributed by atoms with Gasteiger partial charge < -0.3 is 10.1 Å². The lowest BCUT2D eigenvalue weighted by Crippen LogP contribution is -2.13. The van der Waals surface area contributed by atoms with Gasteiger partial charge in [0.25, 0.3) is 0 Å². The van der Waals surface area contributed by atoms with Gasteiger partial charge in [-0.25, -0.2) is 4.98 Å². The zero-order valence-corrected chi connectivity index (χ0v) is 14.0. The first kappa shape index (κ1) is 15.9. The van der Waals surface area contributed by atoms with Crippen LogP contribution in [-0.4, -0.2) is 26.0 Å². The van der Waals surface area contributed by atoms with Crippen molar-refractivity contribution in [1.29, 1.82) is 0 Å². The van der Waals surface area contributed by atoms with Crippen LogP contribution < -0.4 is 10.1 Å². The monoisotopic (exact) mass is 327 g/mol. The minimum Gasteiger partial charge on any atom is -0.461 e. The van der Waals surface area contributed by atoms with E-state index in [1.165, 1.54) is 4.88 Å². The smallest absolute Gasteiger partial charge is 0.322 e. The van der Waals surface area contributed by atoms with Gasteiger partial charge in [0.05, 0.1) is 12.1 Å². The Morgan fingerprint density at radius 3 is 2.67 bits per heavy atom. The molecule has 2 rings (SSSR count). The molecule has 0 saturated carbocycles. The van der Waals surface area contributed by atoms with Crippen molar-refractivity contribution in [2.24, 2.45) is 0 Å². The lowest BCUT2D eigenvalue weighted by atomic mass is 10.3. The zero-order chi connectivity index (χ0) is 15.4. The first-order valence-electron chi connectivity index (χ1n) is 6.77. The minimum absolute atomic E-state index is 0.0133. The molecule has 0 spiro atoms. The number of halogens is 1. The van der Waals surface area contributed by atoms with Crippen LogP contribution in [0, 0.1) is 0 Å². The van der Waals surface area contributed by atoms with Crippen LogP contribution in [0.1, 0.15) is 43.6 Å². The van der Waals surface area contributed by atoms with E-state index < -0.39 is 0 Å². The van der Waals surface area contributed by atoms with Gasteiger partial charge in [-0.1, -0.05) is 6.92 Å². The summed E-state index contributed by atoms with van der Waals surface area (Å²) < 4.78 is 5.44. The number of ether oxygens (including phenoxy) is 1. The Morgan fingerprint density at radius 1 is 1.29 bits per heavy atom. The second-order valence-corrected chi connectivity index (χ2v) is 6.25. The number of aryl methyl sites for hydroxylation is 1. The molecule has 0 bridgehead atoms. The molecule has 0 aliphatic rings. The normalized spacial score (nSPS) is 12.5. The molecule has 0 radical (unpaired) electrons. The van der Waals surface area contributed by atoms with Crippen LogP contribution in [0.25, 0.3) is 0 Å². The summed E-state index contributed by atoms with van der Waals surface area (Å²) in [6.07, 6.45) is 2.85. The van der Waals surface area contributed by atoms with E-state index in [9.17, 15) is 0 Å². The van der Waals surface area contributed by atoms with E-state index in [1.807, 2.05) is 27.0 Å². The third-order valence-electron chi connectivity index (χ3n) is 2.56. The third-order valence-corrected chi connectivity index (χ3v) is 4.06. The van der Waals surface area contributed by atoms with E-state index in [2.05, 4.69) is 32.2 Å². The quantitative estimate of drug-likeness (QED) is 0.875. The Hall–Kier alpha value is -1.47. The molecule has 0 aliphatic heterocycles. The molecular formula is C13H18ClN5OS. The third kappa shape index (κ3) is 4.50. The average Bonchev–Trinajstić information content (AvgIpc) is 2.85. The lowest BCUT2D eigenvalue weighted by molar-refractivity contribution is 0.222. The van der Waals surface area contributed by atoms with Crippen molar-refractivity contribution in [3.8, 4) is 6.01 Å². The first-order chi connectivity index (χ1) is 9.97. The van der Waals surface area contributed by atoms with Gasteiger partial charge in [0.1, 0.15) is 5.01 Å². The van der Waals surface area contributed by atoms with Gasteiger partial charge in [0.2, 0.25) is 11.2 Å². The number of hydrogen-bond acceptors (Lipinski definition) is 7. The van der Waals surface area contributed by atoms with Gasteiger partial charge in [-0.15, -0.1) is 11.3 Å². The molecule has 114 valence electrons. The maximum atomic E-state index is 5.89. The summed E-state index contributed by atoms with van der Waals surface area (Å²) in [5.74, 6) is 0.381. The Balaban J connectivity index is 2.12. The van der Waals surface area contributed by atoms with Crippen LogP contribution in [0.2, 0.25) is 5.28 Å². The van der Waals surface area contributed by atoms with Gasteiger partial charge in [0.15, 0.2) is 0 Å².